The van der Waals surface area contributed by atoms with Crippen LogP contribution in [0.4, 0.5) is 0 Å². The van der Waals surface area contributed by atoms with Gasteiger partial charge in [-0.2, -0.15) is 0 Å². The molecule has 1 unspecified atom stereocenters. The third-order valence-corrected chi connectivity index (χ3v) is 1.18. The van der Waals surface area contributed by atoms with Crippen LogP contribution in [0.15, 0.2) is 24.1 Å². The fourth-order valence-corrected chi connectivity index (χ4v) is 0.706. The number of hydrogen-bond acceptors (Lipinski definition) is 2. The van der Waals surface area contributed by atoms with Crippen LogP contribution >= 0.6 is 0 Å². The third kappa shape index (κ3) is 1.31. The van der Waals surface area contributed by atoms with Crippen molar-refractivity contribution in [3.63, 3.8) is 0 Å². The van der Waals surface area contributed by atoms with Gasteiger partial charge in [-0.05, 0) is 6.08 Å². The van der Waals surface area contributed by atoms with Crippen molar-refractivity contribution in [2.75, 3.05) is 13.7 Å². The molecule has 0 aliphatic carbocycles. The molecule has 0 fully saturated rings. The second kappa shape index (κ2) is 2.66. The summed E-state index contributed by atoms with van der Waals surface area (Å²) < 4.78 is 4.76. The molecule has 0 bridgehead atoms. The fraction of sp³-hybridized carbons (Fsp3) is 0.333. The zero-order chi connectivity index (χ0) is 6.69. The van der Waals surface area contributed by atoms with Crippen LogP contribution in [0.3, 0.4) is 0 Å². The zero-order valence-corrected chi connectivity index (χ0v) is 5.26. The molecule has 1 rings (SSSR count). The average molecular weight is 127 g/mol. The Morgan fingerprint density at radius 1 is 1.78 bits per heavy atom. The van der Waals surface area contributed by atoms with E-state index in [0.29, 0.717) is 12.4 Å². The Morgan fingerprint density at radius 3 is 3.00 bits per heavy atom. The molecule has 1 N–H and O–H groups in total. The van der Waals surface area contributed by atoms with Crippen LogP contribution in [-0.4, -0.2) is 13.7 Å². The Morgan fingerprint density at radius 2 is 2.56 bits per heavy atom. The number of nitrogens with one attached hydrogen (secondary N) is 1. The van der Waals surface area contributed by atoms with Crippen molar-refractivity contribution in [3.8, 4) is 0 Å². The van der Waals surface area contributed by atoms with Crippen molar-refractivity contribution < 1.29 is 9.80 Å². The number of methoxy groups -OCH3 is 1. The molecule has 0 aromatic rings. The monoisotopic (exact) mass is 127 g/mol. The van der Waals surface area contributed by atoms with E-state index in [1.165, 1.54) is 7.11 Å². The molecule has 1 aliphatic rings. The Bertz CT molecular complexity index is 151. The summed E-state index contributed by atoms with van der Waals surface area (Å²) in [4.78, 5) is 0. The number of allylic oxidation sites excluding steroid dienone is 2. The van der Waals surface area contributed by atoms with Crippen molar-refractivity contribution >= 4 is 0 Å². The van der Waals surface area contributed by atoms with E-state index in [2.05, 4.69) is 0 Å². The maximum atomic E-state index is 10.8. The SMILES string of the molecule is COC1=CC=CC[NH+]1[O-]. The van der Waals surface area contributed by atoms with E-state index >= 15 is 0 Å². The molecule has 9 heavy (non-hydrogen) atoms. The Labute approximate surface area is 53.8 Å². The van der Waals surface area contributed by atoms with Gasteiger partial charge in [0.25, 0.3) is 5.88 Å². The molecular weight excluding hydrogens is 118 g/mol. The summed E-state index contributed by atoms with van der Waals surface area (Å²) >= 11 is 0. The lowest BCUT2D eigenvalue weighted by atomic mass is 10.4. The lowest BCUT2D eigenvalue weighted by Gasteiger charge is -2.22. The standard InChI is InChI=1S/C6H9NO2/c1-9-6-4-2-3-5-7(6)8/h2-4,7H,5H2,1H3. The smallest absolute Gasteiger partial charge is 0.289 e. The Hall–Kier alpha value is -0.800. The largest absolute Gasteiger partial charge is 0.626 e. The maximum Gasteiger partial charge on any atom is 0.289 e. The molecular formula is C6H9NO2. The number of hydrogen-bond donors (Lipinski definition) is 1. The second-order valence-electron chi connectivity index (χ2n) is 1.79. The van der Waals surface area contributed by atoms with E-state index in [9.17, 15) is 5.21 Å². The molecule has 0 saturated carbocycles. The van der Waals surface area contributed by atoms with Crippen molar-refractivity contribution in [1.29, 1.82) is 0 Å². The molecule has 1 heterocycles. The molecule has 0 radical (unpaired) electrons. The summed E-state index contributed by atoms with van der Waals surface area (Å²) in [6, 6.07) is 0. The van der Waals surface area contributed by atoms with E-state index in [0.717, 1.165) is 0 Å². The van der Waals surface area contributed by atoms with Crippen LogP contribution in [0.25, 0.3) is 0 Å². The van der Waals surface area contributed by atoms with E-state index in [-0.39, 0.29) is 5.06 Å². The highest BCUT2D eigenvalue weighted by molar-refractivity contribution is 5.06. The summed E-state index contributed by atoms with van der Waals surface area (Å²) in [6.07, 6.45) is 5.30. The lowest BCUT2D eigenvalue weighted by molar-refractivity contribution is -0.818. The molecule has 0 amide bonds. The molecule has 1 atom stereocenters. The van der Waals surface area contributed by atoms with Crippen molar-refractivity contribution in [1.82, 2.24) is 0 Å². The van der Waals surface area contributed by atoms with Gasteiger partial charge in [0.15, 0.2) is 0 Å². The van der Waals surface area contributed by atoms with Crippen LogP contribution < -0.4 is 5.06 Å². The first-order valence-electron chi connectivity index (χ1n) is 2.78. The van der Waals surface area contributed by atoms with Gasteiger partial charge < -0.3 is 15.0 Å². The van der Waals surface area contributed by atoms with Crippen LogP contribution in [0.1, 0.15) is 0 Å². The van der Waals surface area contributed by atoms with Crippen molar-refractivity contribution in [3.05, 3.63) is 29.3 Å². The molecule has 0 aromatic heterocycles. The minimum Gasteiger partial charge on any atom is -0.626 e. The van der Waals surface area contributed by atoms with Gasteiger partial charge in [0.2, 0.25) is 0 Å². The van der Waals surface area contributed by atoms with E-state index < -0.39 is 0 Å². The Kier molecular flexibility index (Phi) is 1.87. The van der Waals surface area contributed by atoms with Crippen LogP contribution in [0.2, 0.25) is 0 Å². The molecule has 3 nitrogen and oxygen atoms in total. The highest BCUT2D eigenvalue weighted by Crippen LogP contribution is 1.88. The minimum absolute atomic E-state index is 0.0556. The van der Waals surface area contributed by atoms with Gasteiger partial charge in [-0.25, -0.2) is 0 Å². The second-order valence-corrected chi connectivity index (χ2v) is 1.79. The predicted molar refractivity (Wildman–Crippen MR) is 33.4 cm³/mol. The molecule has 1 aliphatic heterocycles. The fourth-order valence-electron chi connectivity index (χ4n) is 0.706. The summed E-state index contributed by atoms with van der Waals surface area (Å²) in [5, 5.41) is 10.8. The number of quaternary nitrogens is 1. The van der Waals surface area contributed by atoms with Crippen LogP contribution in [-0.2, 0) is 4.74 Å². The normalized spacial score (nSPS) is 25.6. The summed E-state index contributed by atoms with van der Waals surface area (Å²) in [5.74, 6) is 0.456. The Balaban J connectivity index is 2.63. The molecule has 3 heteroatoms. The van der Waals surface area contributed by atoms with Gasteiger partial charge >= 0.3 is 0 Å². The zero-order valence-electron chi connectivity index (χ0n) is 5.26. The first-order valence-corrected chi connectivity index (χ1v) is 2.78. The molecule has 0 saturated heterocycles. The maximum absolute atomic E-state index is 10.8. The topological polar surface area (TPSA) is 36.7 Å². The van der Waals surface area contributed by atoms with Gasteiger partial charge in [-0.15, -0.1) is 0 Å². The number of ether oxygens (including phenoxy) is 1. The quantitative estimate of drug-likeness (QED) is 0.479. The van der Waals surface area contributed by atoms with Gasteiger partial charge in [0, 0.05) is 6.08 Å². The van der Waals surface area contributed by atoms with Gasteiger partial charge in [-0.1, -0.05) is 6.08 Å². The molecule has 0 aromatic carbocycles. The first kappa shape index (κ1) is 6.32. The van der Waals surface area contributed by atoms with Gasteiger partial charge in [0.1, 0.15) is 6.54 Å². The van der Waals surface area contributed by atoms with E-state index in [1.54, 1.807) is 6.08 Å². The summed E-state index contributed by atoms with van der Waals surface area (Å²) in [6.45, 7) is 0.472. The minimum atomic E-state index is 0.0556. The average Bonchev–Trinajstić information content (AvgIpc) is 1.89. The van der Waals surface area contributed by atoms with Crippen LogP contribution in [0, 0.1) is 5.21 Å². The first-order chi connectivity index (χ1) is 4.34. The lowest BCUT2D eigenvalue weighted by Crippen LogP contribution is -3.05. The molecule has 50 valence electrons. The number of hydroxylamine groups is 2. The summed E-state index contributed by atoms with van der Waals surface area (Å²) in [5.41, 5.74) is 0. The van der Waals surface area contributed by atoms with Gasteiger partial charge in [-0.3, -0.25) is 0 Å². The van der Waals surface area contributed by atoms with E-state index in [4.69, 9.17) is 4.74 Å². The highest BCUT2D eigenvalue weighted by Gasteiger charge is 2.05. The summed E-state index contributed by atoms with van der Waals surface area (Å²) in [7, 11) is 1.50. The predicted octanol–water partition coefficient (Wildman–Crippen LogP) is -0.573. The van der Waals surface area contributed by atoms with Gasteiger partial charge in [0.05, 0.1) is 7.11 Å². The van der Waals surface area contributed by atoms with Crippen molar-refractivity contribution in [2.45, 2.75) is 0 Å². The molecule has 0 spiro atoms. The van der Waals surface area contributed by atoms with E-state index in [1.807, 2.05) is 12.2 Å². The number of rotatable bonds is 1. The third-order valence-electron chi connectivity index (χ3n) is 1.18. The highest BCUT2D eigenvalue weighted by atomic mass is 16.6. The van der Waals surface area contributed by atoms with Crippen molar-refractivity contribution in [2.24, 2.45) is 0 Å². The van der Waals surface area contributed by atoms with Crippen LogP contribution in [0.5, 0.6) is 0 Å².